The highest BCUT2D eigenvalue weighted by Gasteiger charge is 2.11. The highest BCUT2D eigenvalue weighted by atomic mass is 32.2. The quantitative estimate of drug-likeness (QED) is 0.777. The number of rotatable bonds is 5. The van der Waals surface area contributed by atoms with E-state index in [1.165, 1.54) is 0 Å². The molecule has 90 valence electrons. The smallest absolute Gasteiger partial charge is 0.0762 e. The Kier molecular flexibility index (Phi) is 4.84. The van der Waals surface area contributed by atoms with Crippen molar-refractivity contribution in [2.45, 2.75) is 43.8 Å². The summed E-state index contributed by atoms with van der Waals surface area (Å²) in [5.74, 6) is 0.882. The Balaban J connectivity index is 2.51. The zero-order valence-electron chi connectivity index (χ0n) is 10.1. The van der Waals surface area contributed by atoms with Crippen molar-refractivity contribution in [2.75, 3.05) is 5.75 Å². The third-order valence-electron chi connectivity index (χ3n) is 2.32. The van der Waals surface area contributed by atoms with Crippen LogP contribution in [0.25, 0.3) is 0 Å². The fraction of sp³-hybridized carbons (Fsp3) is 0.538. The van der Waals surface area contributed by atoms with Gasteiger partial charge in [0.05, 0.1) is 11.7 Å². The average molecular weight is 240 g/mol. The molecule has 0 aliphatic rings. The third-order valence-corrected chi connectivity index (χ3v) is 3.32. The third kappa shape index (κ3) is 5.01. The fourth-order valence-electron chi connectivity index (χ4n) is 1.28. The van der Waals surface area contributed by atoms with E-state index < -0.39 is 11.7 Å². The zero-order chi connectivity index (χ0) is 12.2. The van der Waals surface area contributed by atoms with Gasteiger partial charge in [0.1, 0.15) is 0 Å². The molecule has 0 heterocycles. The van der Waals surface area contributed by atoms with Gasteiger partial charge in [-0.25, -0.2) is 0 Å². The predicted octanol–water partition coefficient (Wildman–Crippen LogP) is 2.99. The number of hydrogen-bond donors (Lipinski definition) is 2. The van der Waals surface area contributed by atoms with Crippen LogP contribution < -0.4 is 0 Å². The fourth-order valence-corrected chi connectivity index (χ4v) is 2.51. The first-order chi connectivity index (χ1) is 7.38. The van der Waals surface area contributed by atoms with Crippen LogP contribution in [0.2, 0.25) is 0 Å². The van der Waals surface area contributed by atoms with E-state index in [-0.39, 0.29) is 0 Å². The van der Waals surface area contributed by atoms with Crippen molar-refractivity contribution in [1.82, 2.24) is 0 Å². The van der Waals surface area contributed by atoms with Gasteiger partial charge < -0.3 is 10.2 Å². The Morgan fingerprint density at radius 2 is 2.06 bits per heavy atom. The van der Waals surface area contributed by atoms with E-state index in [9.17, 15) is 10.2 Å². The summed E-state index contributed by atoms with van der Waals surface area (Å²) < 4.78 is 0. The first kappa shape index (κ1) is 13.6. The summed E-state index contributed by atoms with van der Waals surface area (Å²) in [6.07, 6.45) is 0.339. The Morgan fingerprint density at radius 3 is 2.62 bits per heavy atom. The van der Waals surface area contributed by atoms with E-state index in [0.717, 1.165) is 22.6 Å². The molecule has 0 aromatic heterocycles. The van der Waals surface area contributed by atoms with Gasteiger partial charge in [0.25, 0.3) is 0 Å². The highest BCUT2D eigenvalue weighted by molar-refractivity contribution is 7.99. The number of thioether (sulfide) groups is 1. The van der Waals surface area contributed by atoms with Gasteiger partial charge in [0.2, 0.25) is 0 Å². The second kappa shape index (κ2) is 5.71. The maximum atomic E-state index is 9.59. The molecule has 0 fully saturated rings. The molecule has 1 rings (SSSR count). The molecule has 1 unspecified atom stereocenters. The van der Waals surface area contributed by atoms with Crippen molar-refractivity contribution >= 4 is 11.8 Å². The van der Waals surface area contributed by atoms with Gasteiger partial charge in [-0.15, -0.1) is 11.8 Å². The molecule has 2 N–H and O–H groups in total. The Morgan fingerprint density at radius 1 is 1.38 bits per heavy atom. The van der Waals surface area contributed by atoms with Gasteiger partial charge in [-0.1, -0.05) is 12.1 Å². The summed E-state index contributed by atoms with van der Waals surface area (Å²) in [5.41, 5.74) is 0.336. The van der Waals surface area contributed by atoms with Gasteiger partial charge >= 0.3 is 0 Å². The van der Waals surface area contributed by atoms with Gasteiger partial charge in [0, 0.05) is 10.6 Å². The molecule has 1 aromatic rings. The number of benzene rings is 1. The lowest BCUT2D eigenvalue weighted by molar-refractivity contribution is 0.0777. The van der Waals surface area contributed by atoms with Crippen molar-refractivity contribution < 1.29 is 10.2 Å². The molecule has 1 aromatic carbocycles. The van der Waals surface area contributed by atoms with Crippen LogP contribution >= 0.6 is 11.8 Å². The van der Waals surface area contributed by atoms with Crippen LogP contribution in [0.3, 0.4) is 0 Å². The molecule has 2 nitrogen and oxygen atoms in total. The maximum Gasteiger partial charge on any atom is 0.0762 e. The van der Waals surface area contributed by atoms with Crippen LogP contribution in [0.5, 0.6) is 0 Å². The number of aliphatic hydroxyl groups is 2. The second-order valence-corrected chi connectivity index (χ2v) is 5.83. The molecule has 0 spiro atoms. The van der Waals surface area contributed by atoms with Crippen LogP contribution in [0.15, 0.2) is 29.2 Å². The van der Waals surface area contributed by atoms with Crippen LogP contribution in [-0.2, 0) is 0 Å². The molecule has 0 saturated carbocycles. The normalized spacial score (nSPS) is 13.8. The van der Waals surface area contributed by atoms with Crippen LogP contribution in [0.4, 0.5) is 0 Å². The van der Waals surface area contributed by atoms with Gasteiger partial charge in [-0.3, -0.25) is 0 Å². The molecule has 16 heavy (non-hydrogen) atoms. The minimum atomic E-state index is -0.602. The van der Waals surface area contributed by atoms with Crippen molar-refractivity contribution in [1.29, 1.82) is 0 Å². The molecule has 0 radical (unpaired) electrons. The van der Waals surface area contributed by atoms with Gasteiger partial charge in [0.15, 0.2) is 0 Å². The molecule has 0 bridgehead atoms. The topological polar surface area (TPSA) is 40.5 Å². The van der Waals surface area contributed by atoms with Gasteiger partial charge in [-0.05, 0) is 44.9 Å². The molecule has 0 amide bonds. The van der Waals surface area contributed by atoms with E-state index in [1.54, 1.807) is 18.7 Å². The highest BCUT2D eigenvalue weighted by Crippen LogP contribution is 2.24. The molecule has 0 aliphatic heterocycles. The van der Waals surface area contributed by atoms with Crippen LogP contribution in [0.1, 0.15) is 38.9 Å². The van der Waals surface area contributed by atoms with Gasteiger partial charge in [-0.2, -0.15) is 0 Å². The monoisotopic (exact) mass is 240 g/mol. The first-order valence-electron chi connectivity index (χ1n) is 5.52. The summed E-state index contributed by atoms with van der Waals surface area (Å²) in [5, 5.41) is 19.0. The van der Waals surface area contributed by atoms with E-state index in [2.05, 4.69) is 0 Å². The SMILES string of the molecule is CC(O)c1cccc(SCCC(C)(C)O)c1. The number of hydrogen-bond acceptors (Lipinski definition) is 3. The minimum absolute atomic E-state index is 0.421. The molecular formula is C13H20O2S. The summed E-state index contributed by atoms with van der Waals surface area (Å²) >= 11 is 1.71. The van der Waals surface area contributed by atoms with E-state index in [4.69, 9.17) is 0 Å². The van der Waals surface area contributed by atoms with Crippen molar-refractivity contribution in [3.63, 3.8) is 0 Å². The predicted molar refractivity (Wildman–Crippen MR) is 68.7 cm³/mol. The maximum absolute atomic E-state index is 9.59. The Labute approximate surface area is 102 Å². The summed E-state index contributed by atoms with van der Waals surface area (Å²) in [4.78, 5) is 1.14. The van der Waals surface area contributed by atoms with Crippen LogP contribution in [0, 0.1) is 0 Å². The summed E-state index contributed by atoms with van der Waals surface area (Å²) in [7, 11) is 0. The summed E-state index contributed by atoms with van der Waals surface area (Å²) in [6, 6.07) is 7.90. The van der Waals surface area contributed by atoms with Crippen molar-refractivity contribution in [3.05, 3.63) is 29.8 Å². The minimum Gasteiger partial charge on any atom is -0.390 e. The second-order valence-electron chi connectivity index (χ2n) is 4.66. The summed E-state index contributed by atoms with van der Waals surface area (Å²) in [6.45, 7) is 5.40. The lowest BCUT2D eigenvalue weighted by Gasteiger charge is -2.16. The Hall–Kier alpha value is -0.510. The largest absolute Gasteiger partial charge is 0.390 e. The first-order valence-corrected chi connectivity index (χ1v) is 6.50. The Bertz CT molecular complexity index is 329. The van der Waals surface area contributed by atoms with E-state index in [0.29, 0.717) is 0 Å². The molecule has 0 aliphatic carbocycles. The van der Waals surface area contributed by atoms with Crippen molar-refractivity contribution in [3.8, 4) is 0 Å². The van der Waals surface area contributed by atoms with E-state index in [1.807, 2.05) is 38.1 Å². The van der Waals surface area contributed by atoms with Crippen molar-refractivity contribution in [2.24, 2.45) is 0 Å². The zero-order valence-corrected chi connectivity index (χ0v) is 10.9. The molecular weight excluding hydrogens is 220 g/mol. The molecule has 0 saturated heterocycles. The lowest BCUT2D eigenvalue weighted by Crippen LogP contribution is -2.18. The molecule has 1 atom stereocenters. The van der Waals surface area contributed by atoms with E-state index >= 15 is 0 Å². The average Bonchev–Trinajstić information content (AvgIpc) is 2.16. The van der Waals surface area contributed by atoms with Crippen LogP contribution in [-0.4, -0.2) is 21.6 Å². The number of aliphatic hydroxyl groups excluding tert-OH is 1. The standard InChI is InChI=1S/C13H20O2S/c1-10(14)11-5-4-6-12(9-11)16-8-7-13(2,3)15/h4-6,9-10,14-15H,7-8H2,1-3H3. The molecule has 3 heteroatoms. The lowest BCUT2D eigenvalue weighted by atomic mass is 10.1.